The van der Waals surface area contributed by atoms with Crippen LogP contribution < -0.4 is 9.80 Å². The Labute approximate surface area is 171 Å². The Morgan fingerprint density at radius 1 is 1.07 bits per heavy atom. The van der Waals surface area contributed by atoms with E-state index in [4.69, 9.17) is 0 Å². The summed E-state index contributed by atoms with van der Waals surface area (Å²) in [7, 11) is -3.58. The van der Waals surface area contributed by atoms with Gasteiger partial charge in [0, 0.05) is 44.8 Å². The lowest BCUT2D eigenvalue weighted by Crippen LogP contribution is -2.49. The summed E-state index contributed by atoms with van der Waals surface area (Å²) in [5.74, 6) is 0.741. The van der Waals surface area contributed by atoms with Crippen molar-refractivity contribution >= 4 is 27.4 Å². The number of hydrogen-bond donors (Lipinski definition) is 0. The number of anilines is 2. The molecule has 0 spiro atoms. The Kier molecular flexibility index (Phi) is 5.04. The number of carbonyl (C=O) groups is 1. The number of piperazine rings is 1. The zero-order valence-corrected chi connectivity index (χ0v) is 17.7. The fourth-order valence-corrected chi connectivity index (χ4v) is 5.59. The van der Waals surface area contributed by atoms with Gasteiger partial charge >= 0.3 is 0 Å². The highest BCUT2D eigenvalue weighted by Gasteiger charge is 2.33. The Morgan fingerprint density at radius 3 is 2.41 bits per heavy atom. The first-order valence-electron chi connectivity index (χ1n) is 9.75. The van der Waals surface area contributed by atoms with Crippen LogP contribution in [0.5, 0.6) is 0 Å². The third kappa shape index (κ3) is 3.60. The number of carbonyl (C=O) groups excluding carboxylic acids is 1. The molecule has 1 amide bonds. The molecular formula is C20H25N5O3S. The van der Waals surface area contributed by atoms with E-state index in [2.05, 4.69) is 10.2 Å². The number of rotatable bonds is 3. The molecule has 2 aromatic rings. The molecule has 0 N–H and O–H groups in total. The maximum Gasteiger partial charge on any atom is 0.243 e. The van der Waals surface area contributed by atoms with Gasteiger partial charge in [0.2, 0.25) is 15.9 Å². The smallest absolute Gasteiger partial charge is 0.243 e. The highest BCUT2D eigenvalue weighted by atomic mass is 32.2. The van der Waals surface area contributed by atoms with E-state index in [9.17, 15) is 13.2 Å². The summed E-state index contributed by atoms with van der Waals surface area (Å²) in [4.78, 5) is 16.0. The summed E-state index contributed by atoms with van der Waals surface area (Å²) >= 11 is 0. The third-order valence-corrected chi connectivity index (χ3v) is 7.48. The van der Waals surface area contributed by atoms with Crippen molar-refractivity contribution in [1.29, 1.82) is 0 Å². The Morgan fingerprint density at radius 2 is 1.79 bits per heavy atom. The Hall–Kier alpha value is -2.52. The topological polar surface area (TPSA) is 86.7 Å². The van der Waals surface area contributed by atoms with Crippen molar-refractivity contribution in [3.05, 3.63) is 41.6 Å². The monoisotopic (exact) mass is 415 g/mol. The molecule has 9 heteroatoms. The van der Waals surface area contributed by atoms with Gasteiger partial charge in [0.15, 0.2) is 5.82 Å². The van der Waals surface area contributed by atoms with E-state index in [-0.39, 0.29) is 16.8 Å². The van der Waals surface area contributed by atoms with Crippen molar-refractivity contribution in [2.75, 3.05) is 36.0 Å². The SMILES string of the molecule is CC(=O)N1c2ccc(S(=O)(=O)N3CCN(c4ccc(C)nn4)CC3)cc2CC1C. The molecule has 0 bridgehead atoms. The van der Waals surface area contributed by atoms with Gasteiger partial charge in [0.25, 0.3) is 0 Å². The molecule has 8 nitrogen and oxygen atoms in total. The van der Waals surface area contributed by atoms with Crippen LogP contribution in [0.4, 0.5) is 11.5 Å². The number of fused-ring (bicyclic) bond motifs is 1. The van der Waals surface area contributed by atoms with Crippen molar-refractivity contribution in [2.45, 2.75) is 38.1 Å². The standard InChI is InChI=1S/C20H25N5O3S/c1-14-4-7-20(22-21-14)23-8-10-24(11-9-23)29(27,28)18-5-6-19-17(13-18)12-15(2)25(19)16(3)26/h4-7,13,15H,8-12H2,1-3H3. The van der Waals surface area contributed by atoms with Gasteiger partial charge < -0.3 is 9.80 Å². The molecule has 2 aliphatic rings. The maximum absolute atomic E-state index is 13.2. The van der Waals surface area contributed by atoms with Crippen LogP contribution in [0.2, 0.25) is 0 Å². The minimum Gasteiger partial charge on any atom is -0.352 e. The highest BCUT2D eigenvalue weighted by Crippen LogP contribution is 2.34. The van der Waals surface area contributed by atoms with E-state index in [1.54, 1.807) is 23.1 Å². The first kappa shape index (κ1) is 19.8. The Balaban J connectivity index is 1.51. The molecule has 1 atom stereocenters. The van der Waals surface area contributed by atoms with Gasteiger partial charge in [-0.3, -0.25) is 4.79 Å². The zero-order valence-electron chi connectivity index (χ0n) is 16.9. The quantitative estimate of drug-likeness (QED) is 0.757. The predicted molar refractivity (Wildman–Crippen MR) is 111 cm³/mol. The van der Waals surface area contributed by atoms with Crippen molar-refractivity contribution in [3.8, 4) is 0 Å². The van der Waals surface area contributed by atoms with Crippen molar-refractivity contribution < 1.29 is 13.2 Å². The molecule has 1 fully saturated rings. The summed E-state index contributed by atoms with van der Waals surface area (Å²) in [6.45, 7) is 7.31. The van der Waals surface area contributed by atoms with Crippen LogP contribution in [0.15, 0.2) is 35.2 Å². The van der Waals surface area contributed by atoms with Crippen LogP contribution >= 0.6 is 0 Å². The van der Waals surface area contributed by atoms with E-state index < -0.39 is 10.0 Å². The number of aromatic nitrogens is 2. The second-order valence-electron chi connectivity index (χ2n) is 7.66. The van der Waals surface area contributed by atoms with E-state index in [0.717, 1.165) is 22.8 Å². The molecule has 0 aliphatic carbocycles. The Bertz CT molecular complexity index is 1030. The molecule has 0 saturated carbocycles. The summed E-state index contributed by atoms with van der Waals surface area (Å²) in [6, 6.07) is 8.95. The van der Waals surface area contributed by atoms with Gasteiger partial charge in [-0.1, -0.05) is 0 Å². The van der Waals surface area contributed by atoms with Crippen molar-refractivity contribution in [3.63, 3.8) is 0 Å². The van der Waals surface area contributed by atoms with Crippen molar-refractivity contribution in [2.24, 2.45) is 0 Å². The number of nitrogens with zero attached hydrogens (tertiary/aromatic N) is 5. The van der Waals surface area contributed by atoms with E-state index in [0.29, 0.717) is 32.6 Å². The van der Waals surface area contributed by atoms with Crippen LogP contribution in [0, 0.1) is 6.92 Å². The molecule has 4 rings (SSSR count). The lowest BCUT2D eigenvalue weighted by molar-refractivity contribution is -0.116. The largest absolute Gasteiger partial charge is 0.352 e. The average Bonchev–Trinajstić information content (AvgIpc) is 3.03. The van der Waals surface area contributed by atoms with E-state index in [1.807, 2.05) is 30.9 Å². The van der Waals surface area contributed by atoms with Gasteiger partial charge in [-0.25, -0.2) is 8.42 Å². The van der Waals surface area contributed by atoms with Gasteiger partial charge in [0.05, 0.1) is 10.6 Å². The summed E-state index contributed by atoms with van der Waals surface area (Å²) in [5.41, 5.74) is 2.57. The first-order valence-corrected chi connectivity index (χ1v) is 11.2. The molecule has 2 aliphatic heterocycles. The molecule has 1 unspecified atom stereocenters. The number of benzene rings is 1. The number of sulfonamides is 1. The molecule has 154 valence electrons. The average molecular weight is 416 g/mol. The number of hydrogen-bond acceptors (Lipinski definition) is 6. The molecular weight excluding hydrogens is 390 g/mol. The van der Waals surface area contributed by atoms with Gasteiger partial charge in [-0.05, 0) is 56.2 Å². The van der Waals surface area contributed by atoms with Crippen LogP contribution in [0.25, 0.3) is 0 Å². The summed E-state index contributed by atoms with van der Waals surface area (Å²) < 4.78 is 27.9. The third-order valence-electron chi connectivity index (χ3n) is 5.59. The van der Waals surface area contributed by atoms with Gasteiger partial charge in [-0.15, -0.1) is 5.10 Å². The fourth-order valence-electron chi connectivity index (χ4n) is 4.11. The predicted octanol–water partition coefficient (Wildman–Crippen LogP) is 1.59. The van der Waals surface area contributed by atoms with E-state index >= 15 is 0 Å². The van der Waals surface area contributed by atoms with Gasteiger partial charge in [-0.2, -0.15) is 9.40 Å². The maximum atomic E-state index is 13.2. The summed E-state index contributed by atoms with van der Waals surface area (Å²) in [5, 5.41) is 8.27. The fraction of sp³-hybridized carbons (Fsp3) is 0.450. The minimum absolute atomic E-state index is 0.0258. The van der Waals surface area contributed by atoms with Crippen LogP contribution in [-0.4, -0.2) is 61.0 Å². The van der Waals surface area contributed by atoms with Gasteiger partial charge in [0.1, 0.15) is 0 Å². The van der Waals surface area contributed by atoms with Crippen LogP contribution in [0.1, 0.15) is 25.1 Å². The minimum atomic E-state index is -3.58. The molecule has 1 aromatic carbocycles. The second-order valence-corrected chi connectivity index (χ2v) is 9.59. The van der Waals surface area contributed by atoms with E-state index in [1.165, 1.54) is 11.2 Å². The molecule has 1 aromatic heterocycles. The summed E-state index contributed by atoms with van der Waals surface area (Å²) in [6.07, 6.45) is 0.665. The van der Waals surface area contributed by atoms with Crippen LogP contribution in [0.3, 0.4) is 0 Å². The second kappa shape index (κ2) is 7.38. The molecule has 3 heterocycles. The normalized spacial score (nSPS) is 20.0. The first-order chi connectivity index (χ1) is 13.8. The number of amides is 1. The molecule has 29 heavy (non-hydrogen) atoms. The molecule has 0 radical (unpaired) electrons. The van der Waals surface area contributed by atoms with Crippen LogP contribution in [-0.2, 0) is 21.2 Å². The highest BCUT2D eigenvalue weighted by molar-refractivity contribution is 7.89. The van der Waals surface area contributed by atoms with Crippen molar-refractivity contribution in [1.82, 2.24) is 14.5 Å². The zero-order chi connectivity index (χ0) is 20.8. The lowest BCUT2D eigenvalue weighted by atomic mass is 10.1. The molecule has 1 saturated heterocycles. The number of aryl methyl sites for hydroxylation is 1. The lowest BCUT2D eigenvalue weighted by Gasteiger charge is -2.34.